The monoisotopic (exact) mass is 302 g/mol. The molecule has 4 heteroatoms. The highest BCUT2D eigenvalue weighted by Gasteiger charge is 2.27. The summed E-state index contributed by atoms with van der Waals surface area (Å²) in [5, 5.41) is 9.20. The molecule has 4 nitrogen and oxygen atoms in total. The Morgan fingerprint density at radius 3 is 2.91 bits per heavy atom. The number of fused-ring (bicyclic) bond motifs is 1. The number of rotatable bonds is 4. The number of aliphatic hydroxyl groups is 1. The van der Waals surface area contributed by atoms with Gasteiger partial charge in [0.1, 0.15) is 0 Å². The molecule has 0 aromatic heterocycles. The van der Waals surface area contributed by atoms with Crippen LogP contribution in [0, 0.1) is 5.92 Å². The van der Waals surface area contributed by atoms with Crippen LogP contribution in [0.3, 0.4) is 0 Å². The Morgan fingerprint density at radius 1 is 1.32 bits per heavy atom. The van der Waals surface area contributed by atoms with E-state index in [0.717, 1.165) is 38.9 Å². The lowest BCUT2D eigenvalue weighted by molar-refractivity contribution is -0.130. The van der Waals surface area contributed by atoms with Crippen molar-refractivity contribution in [2.75, 3.05) is 31.1 Å². The first-order valence-electron chi connectivity index (χ1n) is 8.42. The highest BCUT2D eigenvalue weighted by atomic mass is 16.3. The number of benzene rings is 1. The van der Waals surface area contributed by atoms with Gasteiger partial charge in [0.2, 0.25) is 5.91 Å². The SMILES string of the molecule is CC1CCc2ccccc2N1CCC(=O)N1CCC(CO)C1. The lowest BCUT2D eigenvalue weighted by atomic mass is 9.96. The van der Waals surface area contributed by atoms with E-state index < -0.39 is 0 Å². The molecule has 1 aromatic carbocycles. The number of carbonyl (C=O) groups excluding carboxylic acids is 1. The smallest absolute Gasteiger partial charge is 0.224 e. The van der Waals surface area contributed by atoms with Gasteiger partial charge in [-0.2, -0.15) is 0 Å². The van der Waals surface area contributed by atoms with Crippen LogP contribution in [-0.2, 0) is 11.2 Å². The molecule has 0 saturated carbocycles. The second kappa shape index (κ2) is 6.69. The number of aryl methyl sites for hydroxylation is 1. The zero-order valence-electron chi connectivity index (χ0n) is 13.4. The van der Waals surface area contributed by atoms with Crippen molar-refractivity contribution in [3.63, 3.8) is 0 Å². The van der Waals surface area contributed by atoms with Gasteiger partial charge >= 0.3 is 0 Å². The van der Waals surface area contributed by atoms with Crippen molar-refractivity contribution in [3.05, 3.63) is 29.8 Å². The Bertz CT molecular complexity index is 532. The van der Waals surface area contributed by atoms with Gasteiger partial charge in [-0.05, 0) is 37.8 Å². The van der Waals surface area contributed by atoms with Gasteiger partial charge in [0.15, 0.2) is 0 Å². The van der Waals surface area contributed by atoms with Gasteiger partial charge in [-0.3, -0.25) is 4.79 Å². The Kier molecular flexibility index (Phi) is 4.67. The average molecular weight is 302 g/mol. The third-order valence-electron chi connectivity index (χ3n) is 5.13. The normalized spacial score (nSPS) is 24.5. The second-order valence-corrected chi connectivity index (χ2v) is 6.64. The lowest BCUT2D eigenvalue weighted by Crippen LogP contribution is -2.40. The summed E-state index contributed by atoms with van der Waals surface area (Å²) in [5.74, 6) is 0.504. The second-order valence-electron chi connectivity index (χ2n) is 6.64. The van der Waals surface area contributed by atoms with Crippen molar-refractivity contribution in [2.45, 2.75) is 38.6 Å². The first kappa shape index (κ1) is 15.3. The fourth-order valence-electron chi connectivity index (χ4n) is 3.68. The van der Waals surface area contributed by atoms with Crippen LogP contribution in [-0.4, -0.2) is 48.2 Å². The number of amides is 1. The van der Waals surface area contributed by atoms with Crippen LogP contribution in [0.15, 0.2) is 24.3 Å². The molecule has 1 fully saturated rings. The van der Waals surface area contributed by atoms with Gasteiger partial charge in [0, 0.05) is 50.3 Å². The summed E-state index contributed by atoms with van der Waals surface area (Å²) in [6.07, 6.45) is 3.79. The lowest BCUT2D eigenvalue weighted by Gasteiger charge is -2.37. The van der Waals surface area contributed by atoms with Crippen LogP contribution in [0.4, 0.5) is 5.69 Å². The largest absolute Gasteiger partial charge is 0.396 e. The number of aliphatic hydroxyl groups excluding tert-OH is 1. The van der Waals surface area contributed by atoms with Crippen molar-refractivity contribution >= 4 is 11.6 Å². The van der Waals surface area contributed by atoms with E-state index >= 15 is 0 Å². The van der Waals surface area contributed by atoms with Gasteiger partial charge in [0.05, 0.1) is 0 Å². The van der Waals surface area contributed by atoms with E-state index in [9.17, 15) is 9.90 Å². The van der Waals surface area contributed by atoms with E-state index in [1.54, 1.807) is 0 Å². The topological polar surface area (TPSA) is 43.8 Å². The van der Waals surface area contributed by atoms with Crippen LogP contribution in [0.1, 0.15) is 31.7 Å². The summed E-state index contributed by atoms with van der Waals surface area (Å²) in [7, 11) is 0. The highest BCUT2D eigenvalue weighted by Crippen LogP contribution is 2.30. The van der Waals surface area contributed by atoms with Gasteiger partial charge in [-0.25, -0.2) is 0 Å². The van der Waals surface area contributed by atoms with Crippen molar-refractivity contribution < 1.29 is 9.90 Å². The molecule has 120 valence electrons. The molecule has 22 heavy (non-hydrogen) atoms. The van der Waals surface area contributed by atoms with Gasteiger partial charge in [-0.1, -0.05) is 18.2 Å². The van der Waals surface area contributed by atoms with Crippen molar-refractivity contribution in [1.29, 1.82) is 0 Å². The maximum absolute atomic E-state index is 12.4. The molecule has 2 heterocycles. The predicted octanol–water partition coefficient (Wildman–Crippen LogP) is 2.06. The van der Waals surface area contributed by atoms with E-state index in [0.29, 0.717) is 12.5 Å². The Balaban J connectivity index is 1.60. The molecule has 0 bridgehead atoms. The predicted molar refractivity (Wildman–Crippen MR) is 88.0 cm³/mol. The van der Waals surface area contributed by atoms with Gasteiger partial charge in [0.25, 0.3) is 0 Å². The number of likely N-dealkylation sites (tertiary alicyclic amines) is 1. The van der Waals surface area contributed by atoms with Crippen molar-refractivity contribution in [3.8, 4) is 0 Å². The number of hydrogen-bond acceptors (Lipinski definition) is 3. The van der Waals surface area contributed by atoms with Crippen LogP contribution in [0.2, 0.25) is 0 Å². The van der Waals surface area contributed by atoms with E-state index in [4.69, 9.17) is 0 Å². The van der Waals surface area contributed by atoms with Crippen molar-refractivity contribution in [2.24, 2.45) is 5.92 Å². The summed E-state index contributed by atoms with van der Waals surface area (Å²) in [6, 6.07) is 9.04. The molecule has 0 aliphatic carbocycles. The van der Waals surface area contributed by atoms with Crippen LogP contribution in [0.25, 0.3) is 0 Å². The molecule has 1 saturated heterocycles. The number of nitrogens with zero attached hydrogens (tertiary/aromatic N) is 2. The minimum atomic E-state index is 0.195. The molecule has 2 aliphatic rings. The fraction of sp³-hybridized carbons (Fsp3) is 0.611. The summed E-state index contributed by atoms with van der Waals surface area (Å²) >= 11 is 0. The number of hydrogen-bond donors (Lipinski definition) is 1. The minimum absolute atomic E-state index is 0.195. The average Bonchev–Trinajstić information content (AvgIpc) is 3.03. The van der Waals surface area contributed by atoms with Crippen LogP contribution in [0.5, 0.6) is 0 Å². The van der Waals surface area contributed by atoms with Crippen molar-refractivity contribution in [1.82, 2.24) is 4.90 Å². The number of anilines is 1. The molecule has 2 atom stereocenters. The standard InChI is InChI=1S/C18H26N2O2/c1-14-6-7-16-4-2-3-5-17(16)20(14)11-9-18(22)19-10-8-15(12-19)13-21/h2-5,14-15,21H,6-13H2,1H3. The van der Waals surface area contributed by atoms with Crippen LogP contribution < -0.4 is 4.90 Å². The molecular formula is C18H26N2O2. The quantitative estimate of drug-likeness (QED) is 0.926. The van der Waals surface area contributed by atoms with Crippen LogP contribution >= 0.6 is 0 Å². The van der Waals surface area contributed by atoms with E-state index in [2.05, 4.69) is 36.1 Å². The molecule has 1 N–H and O–H groups in total. The van der Waals surface area contributed by atoms with Gasteiger partial charge in [-0.15, -0.1) is 0 Å². The maximum atomic E-state index is 12.4. The van der Waals surface area contributed by atoms with E-state index in [1.807, 2.05) is 4.90 Å². The summed E-state index contributed by atoms with van der Waals surface area (Å²) in [5.41, 5.74) is 2.69. The fourth-order valence-corrected chi connectivity index (χ4v) is 3.68. The molecule has 0 spiro atoms. The summed E-state index contributed by atoms with van der Waals surface area (Å²) in [4.78, 5) is 16.7. The molecule has 2 aliphatic heterocycles. The molecule has 1 amide bonds. The first-order chi connectivity index (χ1) is 10.7. The molecule has 3 rings (SSSR count). The van der Waals surface area contributed by atoms with E-state index in [1.165, 1.54) is 11.3 Å². The summed E-state index contributed by atoms with van der Waals surface area (Å²) < 4.78 is 0. The zero-order chi connectivity index (χ0) is 15.5. The van der Waals surface area contributed by atoms with Gasteiger partial charge < -0.3 is 14.9 Å². The molecule has 1 aromatic rings. The Hall–Kier alpha value is -1.55. The minimum Gasteiger partial charge on any atom is -0.396 e. The first-order valence-corrected chi connectivity index (χ1v) is 8.42. The molecule has 0 radical (unpaired) electrons. The van der Waals surface area contributed by atoms with E-state index in [-0.39, 0.29) is 18.4 Å². The Morgan fingerprint density at radius 2 is 2.14 bits per heavy atom. The zero-order valence-corrected chi connectivity index (χ0v) is 13.4. The highest BCUT2D eigenvalue weighted by molar-refractivity contribution is 5.77. The molecular weight excluding hydrogens is 276 g/mol. The number of carbonyl (C=O) groups is 1. The third-order valence-corrected chi connectivity index (χ3v) is 5.13. The third kappa shape index (κ3) is 3.12. The Labute approximate surface area is 132 Å². The molecule has 2 unspecified atom stereocenters. The summed E-state index contributed by atoms with van der Waals surface area (Å²) in [6.45, 7) is 4.76. The number of para-hydroxylation sites is 1. The maximum Gasteiger partial charge on any atom is 0.224 e.